The third-order valence-electron chi connectivity index (χ3n) is 4.43. The Hall–Kier alpha value is -1.45. The van der Waals surface area contributed by atoms with Crippen LogP contribution in [0.15, 0.2) is 48.5 Å². The second-order valence-electron chi connectivity index (χ2n) is 6.20. The van der Waals surface area contributed by atoms with E-state index in [0.717, 1.165) is 42.3 Å². The van der Waals surface area contributed by atoms with Crippen molar-refractivity contribution in [2.75, 3.05) is 13.1 Å². The van der Waals surface area contributed by atoms with Crippen LogP contribution in [0.25, 0.3) is 0 Å². The average Bonchev–Trinajstić information content (AvgIpc) is 3.15. The zero-order chi connectivity index (χ0) is 16.9. The monoisotopic (exact) mass is 359 g/mol. The Bertz CT molecular complexity index is 678. The first-order valence-corrected chi connectivity index (χ1v) is 9.81. The maximum absolute atomic E-state index is 12.3. The van der Waals surface area contributed by atoms with Gasteiger partial charge in [-0.2, -0.15) is 0 Å². The first-order valence-electron chi connectivity index (χ1n) is 8.39. The predicted molar refractivity (Wildman–Crippen MR) is 103 cm³/mol. The van der Waals surface area contributed by atoms with Gasteiger partial charge in [0, 0.05) is 34.7 Å². The van der Waals surface area contributed by atoms with Crippen molar-refractivity contribution in [3.05, 3.63) is 70.2 Å². The number of benzene rings is 2. The molecule has 1 fully saturated rings. The van der Waals surface area contributed by atoms with Gasteiger partial charge >= 0.3 is 0 Å². The van der Waals surface area contributed by atoms with E-state index in [1.807, 2.05) is 40.9 Å². The summed E-state index contributed by atoms with van der Waals surface area (Å²) in [5.41, 5.74) is 3.33. The highest BCUT2D eigenvalue weighted by Crippen LogP contribution is 2.31. The lowest BCUT2D eigenvalue weighted by atomic mass is 10.1. The fourth-order valence-corrected chi connectivity index (χ4v) is 4.01. The highest BCUT2D eigenvalue weighted by atomic mass is 35.5. The fourth-order valence-electron chi connectivity index (χ4n) is 2.90. The van der Waals surface area contributed by atoms with Gasteiger partial charge in [-0.25, -0.2) is 0 Å². The minimum atomic E-state index is 0.168. The van der Waals surface area contributed by atoms with Crippen molar-refractivity contribution in [1.82, 2.24) is 4.90 Å². The lowest BCUT2D eigenvalue weighted by molar-refractivity contribution is 0.0793. The molecule has 0 radical (unpaired) electrons. The number of rotatable bonds is 5. The SMILES string of the molecule is CC(SCc1ccc(C(=O)N2CCCC2)cc1)c1ccc(Cl)cc1. The summed E-state index contributed by atoms with van der Waals surface area (Å²) in [5.74, 6) is 1.10. The Morgan fingerprint density at radius 1 is 1.08 bits per heavy atom. The van der Waals surface area contributed by atoms with E-state index in [-0.39, 0.29) is 5.91 Å². The average molecular weight is 360 g/mol. The Labute approximate surface area is 153 Å². The summed E-state index contributed by atoms with van der Waals surface area (Å²) in [5, 5.41) is 1.18. The van der Waals surface area contributed by atoms with E-state index in [0.29, 0.717) is 5.25 Å². The first-order chi connectivity index (χ1) is 11.6. The second kappa shape index (κ2) is 8.09. The zero-order valence-corrected chi connectivity index (χ0v) is 15.4. The van der Waals surface area contributed by atoms with Crippen LogP contribution in [-0.4, -0.2) is 23.9 Å². The summed E-state index contributed by atoms with van der Waals surface area (Å²) in [4.78, 5) is 14.3. The maximum Gasteiger partial charge on any atom is 0.253 e. The van der Waals surface area contributed by atoms with E-state index in [1.165, 1.54) is 11.1 Å². The molecule has 0 bridgehead atoms. The summed E-state index contributed by atoms with van der Waals surface area (Å²) < 4.78 is 0. The molecule has 126 valence electrons. The van der Waals surface area contributed by atoms with Crippen molar-refractivity contribution < 1.29 is 4.79 Å². The van der Waals surface area contributed by atoms with Crippen LogP contribution in [0, 0.1) is 0 Å². The molecule has 0 N–H and O–H groups in total. The van der Waals surface area contributed by atoms with Crippen LogP contribution in [0.5, 0.6) is 0 Å². The summed E-state index contributed by atoms with van der Waals surface area (Å²) in [7, 11) is 0. The molecule has 3 rings (SSSR count). The fraction of sp³-hybridized carbons (Fsp3) is 0.350. The van der Waals surface area contributed by atoms with Crippen molar-refractivity contribution in [2.45, 2.75) is 30.8 Å². The van der Waals surface area contributed by atoms with E-state index in [4.69, 9.17) is 11.6 Å². The van der Waals surface area contributed by atoms with Crippen LogP contribution in [0.2, 0.25) is 5.02 Å². The lowest BCUT2D eigenvalue weighted by Crippen LogP contribution is -2.27. The van der Waals surface area contributed by atoms with Crippen LogP contribution in [0.3, 0.4) is 0 Å². The van der Waals surface area contributed by atoms with Gasteiger partial charge in [-0.1, -0.05) is 35.9 Å². The lowest BCUT2D eigenvalue weighted by Gasteiger charge is -2.15. The Kier molecular flexibility index (Phi) is 5.85. The quantitative estimate of drug-likeness (QED) is 0.695. The molecule has 1 heterocycles. The number of carbonyl (C=O) groups excluding carboxylic acids is 1. The van der Waals surface area contributed by atoms with Crippen molar-refractivity contribution in [3.8, 4) is 0 Å². The van der Waals surface area contributed by atoms with Gasteiger partial charge in [0.2, 0.25) is 0 Å². The van der Waals surface area contributed by atoms with Crippen LogP contribution in [0.1, 0.15) is 46.5 Å². The van der Waals surface area contributed by atoms with Crippen molar-refractivity contribution >= 4 is 29.3 Å². The minimum Gasteiger partial charge on any atom is -0.339 e. The molecule has 1 atom stereocenters. The van der Waals surface area contributed by atoms with Crippen LogP contribution >= 0.6 is 23.4 Å². The maximum atomic E-state index is 12.3. The van der Waals surface area contributed by atoms with Crippen LogP contribution in [-0.2, 0) is 5.75 Å². The largest absolute Gasteiger partial charge is 0.339 e. The molecule has 2 nitrogen and oxygen atoms in total. The number of thioether (sulfide) groups is 1. The van der Waals surface area contributed by atoms with E-state index in [2.05, 4.69) is 31.2 Å². The third kappa shape index (κ3) is 4.34. The normalized spacial score (nSPS) is 15.5. The number of halogens is 1. The molecule has 1 amide bonds. The first kappa shape index (κ1) is 17.4. The van der Waals surface area contributed by atoms with Crippen molar-refractivity contribution in [3.63, 3.8) is 0 Å². The van der Waals surface area contributed by atoms with Gasteiger partial charge in [0.05, 0.1) is 0 Å². The van der Waals surface area contributed by atoms with Gasteiger partial charge < -0.3 is 4.90 Å². The summed E-state index contributed by atoms with van der Waals surface area (Å²) in [6.45, 7) is 4.00. The molecular formula is C20H22ClNOS. The van der Waals surface area contributed by atoms with Gasteiger partial charge in [-0.15, -0.1) is 11.8 Å². The molecule has 0 saturated carbocycles. The Morgan fingerprint density at radius 2 is 1.71 bits per heavy atom. The Morgan fingerprint density at radius 3 is 2.33 bits per heavy atom. The number of hydrogen-bond acceptors (Lipinski definition) is 2. The molecule has 2 aromatic rings. The molecule has 0 spiro atoms. The molecule has 1 unspecified atom stereocenters. The second-order valence-corrected chi connectivity index (χ2v) is 7.97. The minimum absolute atomic E-state index is 0.168. The molecule has 1 aliphatic heterocycles. The highest BCUT2D eigenvalue weighted by Gasteiger charge is 2.19. The van der Waals surface area contributed by atoms with E-state index >= 15 is 0 Å². The van der Waals surface area contributed by atoms with E-state index in [1.54, 1.807) is 0 Å². The van der Waals surface area contributed by atoms with Crippen molar-refractivity contribution in [1.29, 1.82) is 0 Å². The topological polar surface area (TPSA) is 20.3 Å². The Balaban J connectivity index is 1.56. The van der Waals surface area contributed by atoms with E-state index in [9.17, 15) is 4.79 Å². The van der Waals surface area contributed by atoms with Gasteiger partial charge in [0.1, 0.15) is 0 Å². The number of hydrogen-bond donors (Lipinski definition) is 0. The third-order valence-corrected chi connectivity index (χ3v) is 5.96. The number of amides is 1. The number of carbonyl (C=O) groups is 1. The van der Waals surface area contributed by atoms with E-state index < -0.39 is 0 Å². The molecule has 24 heavy (non-hydrogen) atoms. The molecule has 1 aliphatic rings. The zero-order valence-electron chi connectivity index (χ0n) is 13.9. The standard InChI is InChI=1S/C20H22ClNOS/c1-15(17-8-10-19(21)11-9-17)24-14-16-4-6-18(7-5-16)20(23)22-12-2-3-13-22/h4-11,15H,2-3,12-14H2,1H3. The molecular weight excluding hydrogens is 338 g/mol. The van der Waals surface area contributed by atoms with Gasteiger partial charge in [-0.05, 0) is 55.2 Å². The molecule has 4 heteroatoms. The predicted octanol–water partition coefficient (Wildman–Crippen LogP) is 5.57. The smallest absolute Gasteiger partial charge is 0.253 e. The molecule has 0 aromatic heterocycles. The molecule has 2 aromatic carbocycles. The number of nitrogens with zero attached hydrogens (tertiary/aromatic N) is 1. The van der Waals surface area contributed by atoms with Crippen molar-refractivity contribution in [2.24, 2.45) is 0 Å². The van der Waals surface area contributed by atoms with Crippen LogP contribution < -0.4 is 0 Å². The summed E-state index contributed by atoms with van der Waals surface area (Å²) in [6.07, 6.45) is 2.26. The molecule has 1 saturated heterocycles. The van der Waals surface area contributed by atoms with Gasteiger partial charge in [0.25, 0.3) is 5.91 Å². The number of likely N-dealkylation sites (tertiary alicyclic amines) is 1. The highest BCUT2D eigenvalue weighted by molar-refractivity contribution is 7.98. The summed E-state index contributed by atoms with van der Waals surface area (Å²) >= 11 is 7.83. The van der Waals surface area contributed by atoms with Crippen LogP contribution in [0.4, 0.5) is 0 Å². The summed E-state index contributed by atoms with van der Waals surface area (Å²) in [6, 6.07) is 16.1. The molecule has 0 aliphatic carbocycles. The van der Waals surface area contributed by atoms with Gasteiger partial charge in [0.15, 0.2) is 0 Å². The van der Waals surface area contributed by atoms with Gasteiger partial charge in [-0.3, -0.25) is 4.79 Å².